The number of ether oxygens (including phenoxy) is 2. The van der Waals surface area contributed by atoms with Gasteiger partial charge in [0.05, 0.1) is 59.1 Å². The molecule has 0 spiro atoms. The van der Waals surface area contributed by atoms with Gasteiger partial charge >= 0.3 is 6.18 Å². The molecule has 1 fully saturated rings. The van der Waals surface area contributed by atoms with Gasteiger partial charge in [-0.25, -0.2) is 18.9 Å². The third kappa shape index (κ3) is 8.51. The number of anilines is 3. The average molecular weight is 912 g/mol. The number of H-pyrrole nitrogens is 1. The quantitative estimate of drug-likeness (QED) is 0.0631. The van der Waals surface area contributed by atoms with Gasteiger partial charge in [0.2, 0.25) is 0 Å². The van der Waals surface area contributed by atoms with Crippen LogP contribution in [0.3, 0.4) is 0 Å². The van der Waals surface area contributed by atoms with E-state index in [9.17, 15) is 37.2 Å². The fourth-order valence-electron chi connectivity index (χ4n) is 8.17. The fourth-order valence-corrected chi connectivity index (χ4v) is 8.69. The Morgan fingerprint density at radius 2 is 1.74 bits per heavy atom. The van der Waals surface area contributed by atoms with E-state index in [-0.39, 0.29) is 66.1 Å². The maximum Gasteiger partial charge on any atom is 0.417 e. The number of alkyl halides is 3. The number of thiocarbonyl (C=S) groups is 1. The van der Waals surface area contributed by atoms with Crippen molar-refractivity contribution in [2.75, 3.05) is 34.9 Å². The molecule has 2 aromatic heterocycles. The second-order valence-electron chi connectivity index (χ2n) is 15.9. The average Bonchev–Trinajstić information content (AvgIpc) is 3.76. The van der Waals surface area contributed by atoms with Crippen molar-refractivity contribution < 1.29 is 41.0 Å². The van der Waals surface area contributed by atoms with Gasteiger partial charge in [0, 0.05) is 55.7 Å². The van der Waals surface area contributed by atoms with Crippen LogP contribution in [0.1, 0.15) is 72.4 Å². The smallest absolute Gasteiger partial charge is 0.417 e. The van der Waals surface area contributed by atoms with Gasteiger partial charge in [0.15, 0.2) is 16.7 Å². The maximum atomic E-state index is 15.3. The highest BCUT2D eigenvalue weighted by atomic mass is 32.1. The van der Waals surface area contributed by atoms with E-state index in [0.29, 0.717) is 35.1 Å². The van der Waals surface area contributed by atoms with Crippen LogP contribution in [0.15, 0.2) is 83.9 Å². The minimum absolute atomic E-state index is 0.0541. The summed E-state index contributed by atoms with van der Waals surface area (Å²) in [6.45, 7) is 3.47. The predicted molar refractivity (Wildman–Crippen MR) is 231 cm³/mol. The molecule has 1 saturated heterocycles. The second kappa shape index (κ2) is 17.5. The molecule has 0 unspecified atom stereocenters. The number of nitrogens with zero attached hydrogens (tertiary/aromatic N) is 7. The molecule has 2 N–H and O–H groups in total. The summed E-state index contributed by atoms with van der Waals surface area (Å²) in [7, 11) is 1.75. The van der Waals surface area contributed by atoms with Crippen LogP contribution in [0.5, 0.6) is 5.75 Å². The molecule has 2 aliphatic heterocycles. The molecule has 0 saturated carbocycles. The van der Waals surface area contributed by atoms with Crippen molar-refractivity contribution in [3.05, 3.63) is 135 Å². The molecule has 2 atom stereocenters. The van der Waals surface area contributed by atoms with Crippen molar-refractivity contribution in [1.82, 2.24) is 25.0 Å². The summed E-state index contributed by atoms with van der Waals surface area (Å²) >= 11 is 5.54. The first-order valence-corrected chi connectivity index (χ1v) is 20.6. The molecule has 4 heterocycles. The van der Waals surface area contributed by atoms with Gasteiger partial charge in [-0.3, -0.25) is 24.0 Å². The summed E-state index contributed by atoms with van der Waals surface area (Å²) < 4.78 is 84.0. The zero-order valence-corrected chi connectivity index (χ0v) is 35.7. The lowest BCUT2D eigenvalue weighted by Crippen LogP contribution is -2.44. The predicted octanol–water partition coefficient (Wildman–Crippen LogP) is 7.42. The summed E-state index contributed by atoms with van der Waals surface area (Å²) in [5.74, 6) is -2.06. The Bertz CT molecular complexity index is 2970. The maximum absolute atomic E-state index is 15.3. The number of nitrogens with one attached hydrogen (secondary N) is 2. The number of hydrogen-bond acceptors (Lipinski definition) is 11. The number of halogens is 5. The van der Waals surface area contributed by atoms with E-state index < -0.39 is 57.9 Å². The summed E-state index contributed by atoms with van der Waals surface area (Å²) in [6, 6.07) is 17.8. The van der Waals surface area contributed by atoms with Crippen molar-refractivity contribution in [2.24, 2.45) is 7.05 Å². The molecule has 65 heavy (non-hydrogen) atoms. The van der Waals surface area contributed by atoms with Gasteiger partial charge in [-0.2, -0.15) is 28.6 Å². The van der Waals surface area contributed by atoms with Crippen LogP contribution in [-0.4, -0.2) is 67.1 Å². The molecule has 4 aromatic carbocycles. The van der Waals surface area contributed by atoms with Crippen molar-refractivity contribution >= 4 is 56.9 Å². The van der Waals surface area contributed by atoms with Gasteiger partial charge in [-0.15, -0.1) is 0 Å². The number of benzene rings is 4. The Kier molecular flexibility index (Phi) is 12.0. The van der Waals surface area contributed by atoms with Crippen LogP contribution in [0, 0.1) is 23.0 Å². The van der Waals surface area contributed by atoms with E-state index in [0.717, 1.165) is 28.2 Å². The molecular formula is C45H38F5N9O5S. The summed E-state index contributed by atoms with van der Waals surface area (Å²) in [4.78, 5) is 45.7. The van der Waals surface area contributed by atoms with Crippen LogP contribution in [-0.2, 0) is 34.0 Å². The Balaban J connectivity index is 0.820. The number of Topliss-reactive ketones (excluding diaryl/α,β-unsaturated/α-hetero) is 1. The SMILES string of the molecule is Cn1ncnc1[C@H]1c2n[nH]c(=O)c3cc(F)cc(c23)N[C@@H]1c1ccc(CC(=O)CCOCCCOc2ccc(N3C(=S)N(c4ccc(C#N)c(C(F)(F)F)c4)C(=O)C3(C)C)cc2F)cc1. The van der Waals surface area contributed by atoms with Crippen molar-refractivity contribution in [2.45, 2.75) is 56.8 Å². The van der Waals surface area contributed by atoms with Gasteiger partial charge in [0.1, 0.15) is 29.3 Å². The van der Waals surface area contributed by atoms with E-state index in [4.69, 9.17) is 21.7 Å². The zero-order chi connectivity index (χ0) is 46.4. The van der Waals surface area contributed by atoms with Gasteiger partial charge in [-0.1, -0.05) is 24.3 Å². The number of amides is 1. The fraction of sp³-hybridized carbons (Fsp3) is 0.289. The Labute approximate surface area is 372 Å². The molecule has 0 radical (unpaired) electrons. The normalized spacial score (nSPS) is 16.8. The van der Waals surface area contributed by atoms with Crippen LogP contribution >= 0.6 is 12.2 Å². The number of carbonyl (C=O) groups is 2. The third-order valence-electron chi connectivity index (χ3n) is 11.3. The summed E-state index contributed by atoms with van der Waals surface area (Å²) in [6.07, 6.45) is -2.76. The van der Waals surface area contributed by atoms with Crippen molar-refractivity contribution in [1.29, 1.82) is 5.26 Å². The minimum Gasteiger partial charge on any atom is -0.490 e. The lowest BCUT2D eigenvalue weighted by Gasteiger charge is -2.33. The number of carbonyl (C=O) groups excluding carboxylic acids is 2. The molecule has 8 rings (SSSR count). The number of ketones is 1. The largest absolute Gasteiger partial charge is 0.490 e. The standard InChI is InChI=1S/C45H38F5N9O5S/c1-44(2)42(62)58(28-10-9-26(22-51)32(20-28)45(48,49)50)43(65)59(44)29-11-12-35(33(47)21-29)64-15-4-14-63-16-13-30(60)17-24-5-7-25(8-6-24)38-37(40-52-23-53-57(40)3)39-36-31(41(61)56-55-39)18-27(46)19-34(36)54-38/h5-12,18-21,23,37-38,54H,4,13-17H2,1-3H3,(H,56,61)/t37-,38-/m1/s1. The minimum atomic E-state index is -4.86. The summed E-state index contributed by atoms with van der Waals surface area (Å²) in [5, 5.41) is 24.2. The van der Waals surface area contributed by atoms with Crippen LogP contribution < -0.4 is 25.4 Å². The van der Waals surface area contributed by atoms with Crippen LogP contribution in [0.2, 0.25) is 0 Å². The molecule has 6 aromatic rings. The summed E-state index contributed by atoms with van der Waals surface area (Å²) in [5.41, 5.74) is -1.25. The Hall–Kier alpha value is -7.11. The highest BCUT2D eigenvalue weighted by Crippen LogP contribution is 2.46. The number of aromatic nitrogens is 5. The van der Waals surface area contributed by atoms with Gasteiger partial charge in [-0.05, 0) is 79.7 Å². The monoisotopic (exact) mass is 911 g/mol. The van der Waals surface area contributed by atoms with Gasteiger partial charge < -0.3 is 19.7 Å². The molecular weight excluding hydrogens is 874 g/mol. The Morgan fingerprint density at radius 3 is 2.43 bits per heavy atom. The van der Waals surface area contributed by atoms with E-state index in [2.05, 4.69) is 25.6 Å². The number of aromatic amines is 1. The van der Waals surface area contributed by atoms with Gasteiger partial charge in [0.25, 0.3) is 11.5 Å². The highest BCUT2D eigenvalue weighted by molar-refractivity contribution is 7.81. The lowest BCUT2D eigenvalue weighted by atomic mass is 9.83. The molecule has 334 valence electrons. The first kappa shape index (κ1) is 44.5. The molecule has 14 nitrogen and oxygen atoms in total. The van der Waals surface area contributed by atoms with E-state index in [1.54, 1.807) is 11.7 Å². The topological polar surface area (TPSA) is 171 Å². The lowest BCUT2D eigenvalue weighted by molar-refractivity contribution is -0.137. The molecule has 0 aliphatic carbocycles. The van der Waals surface area contributed by atoms with Crippen LogP contribution in [0.25, 0.3) is 10.8 Å². The second-order valence-corrected chi connectivity index (χ2v) is 16.3. The first-order valence-electron chi connectivity index (χ1n) is 20.2. The molecule has 1 amide bonds. The van der Waals surface area contributed by atoms with E-state index in [1.165, 1.54) is 61.5 Å². The van der Waals surface area contributed by atoms with Crippen LogP contribution in [0.4, 0.5) is 39.0 Å². The Morgan fingerprint density at radius 1 is 0.985 bits per heavy atom. The number of nitriles is 1. The van der Waals surface area contributed by atoms with Crippen molar-refractivity contribution in [3.8, 4) is 11.8 Å². The number of hydrogen-bond donors (Lipinski definition) is 2. The van der Waals surface area contributed by atoms with Crippen molar-refractivity contribution in [3.63, 3.8) is 0 Å². The number of aryl methyl sites for hydroxylation is 1. The van der Waals surface area contributed by atoms with E-state index >= 15 is 4.39 Å². The molecule has 2 aliphatic rings. The molecule has 0 bridgehead atoms. The van der Waals surface area contributed by atoms with E-state index in [1.807, 2.05) is 24.3 Å². The third-order valence-corrected chi connectivity index (χ3v) is 11.7. The molecule has 20 heteroatoms. The zero-order valence-electron chi connectivity index (χ0n) is 34.9. The number of rotatable bonds is 14. The highest BCUT2D eigenvalue weighted by Gasteiger charge is 2.51. The first-order chi connectivity index (χ1) is 31.0.